The van der Waals surface area contributed by atoms with Crippen LogP contribution in [-0.2, 0) is 0 Å². The van der Waals surface area contributed by atoms with Gasteiger partial charge in [0.05, 0.1) is 38.9 Å². The van der Waals surface area contributed by atoms with Gasteiger partial charge in [-0.2, -0.15) is 10.5 Å². The summed E-state index contributed by atoms with van der Waals surface area (Å²) in [6, 6.07) is 51.6. The van der Waals surface area contributed by atoms with E-state index in [2.05, 4.69) is 137 Å². The lowest BCUT2D eigenvalue weighted by Crippen LogP contribution is -2.05. The van der Waals surface area contributed by atoms with Crippen molar-refractivity contribution in [1.82, 2.24) is 9.13 Å². The Labute approximate surface area is 293 Å². The van der Waals surface area contributed by atoms with Crippen LogP contribution < -0.4 is 0 Å². The van der Waals surface area contributed by atoms with Crippen molar-refractivity contribution in [3.05, 3.63) is 145 Å². The summed E-state index contributed by atoms with van der Waals surface area (Å²) in [4.78, 5) is 0. The number of nitriles is 2. The lowest BCUT2D eigenvalue weighted by molar-refractivity contribution is 1.13. The fourth-order valence-corrected chi connectivity index (χ4v) is 10.4. The summed E-state index contributed by atoms with van der Waals surface area (Å²) in [6.45, 7) is 0. The van der Waals surface area contributed by atoms with E-state index in [1.807, 2.05) is 18.2 Å². The van der Waals surface area contributed by atoms with E-state index in [9.17, 15) is 10.5 Å². The van der Waals surface area contributed by atoms with Crippen LogP contribution in [-0.4, -0.2) is 9.13 Å². The van der Waals surface area contributed by atoms with Gasteiger partial charge in [0.25, 0.3) is 0 Å². The van der Waals surface area contributed by atoms with Gasteiger partial charge in [0.1, 0.15) is 12.1 Å². The third-order valence-corrected chi connectivity index (χ3v) is 12.4. The summed E-state index contributed by atoms with van der Waals surface area (Å²) in [7, 11) is 0. The molecule has 0 unspecified atom stereocenters. The fourth-order valence-electron chi connectivity index (χ4n) is 8.19. The van der Waals surface area contributed by atoms with E-state index in [0.717, 1.165) is 54.7 Å². The van der Waals surface area contributed by atoms with E-state index in [-0.39, 0.29) is 0 Å². The van der Waals surface area contributed by atoms with Gasteiger partial charge in [-0.05, 0) is 48.5 Å². The number of nitrogens with zero attached hydrogens (tertiary/aromatic N) is 4. The maximum Gasteiger partial charge on any atom is 0.101 e. The SMILES string of the molecule is N#Cc1cc(-n2c3ccccc3c3ccc4sc5ccccc5c4c32)cc(C#N)c1-n1c2ccccc2c2ccc3sc4ccccc4c3c21. The molecule has 0 saturated heterocycles. The second kappa shape index (κ2) is 10.0. The van der Waals surface area contributed by atoms with E-state index < -0.39 is 0 Å². The first-order chi connectivity index (χ1) is 24.7. The Bertz CT molecular complexity index is 3320. The van der Waals surface area contributed by atoms with Gasteiger partial charge in [0, 0.05) is 67.6 Å². The highest BCUT2D eigenvalue weighted by molar-refractivity contribution is 7.26. The zero-order chi connectivity index (χ0) is 33.1. The van der Waals surface area contributed by atoms with Gasteiger partial charge in [0.2, 0.25) is 0 Å². The summed E-state index contributed by atoms with van der Waals surface area (Å²) in [5.74, 6) is 0. The van der Waals surface area contributed by atoms with Gasteiger partial charge in [-0.25, -0.2) is 0 Å². The minimum absolute atomic E-state index is 0.450. The van der Waals surface area contributed by atoms with E-state index in [1.165, 1.54) is 35.0 Å². The van der Waals surface area contributed by atoms with Gasteiger partial charge >= 0.3 is 0 Å². The minimum atomic E-state index is 0.450. The van der Waals surface area contributed by atoms with Gasteiger partial charge < -0.3 is 9.13 Å². The van der Waals surface area contributed by atoms with Crippen LogP contribution in [0.2, 0.25) is 0 Å². The van der Waals surface area contributed by atoms with Crippen molar-refractivity contribution in [2.45, 2.75) is 0 Å². The maximum atomic E-state index is 11.0. The van der Waals surface area contributed by atoms with Gasteiger partial charge in [-0.3, -0.25) is 0 Å². The predicted molar refractivity (Wildman–Crippen MR) is 210 cm³/mol. The first-order valence-corrected chi connectivity index (χ1v) is 18.0. The summed E-state index contributed by atoms with van der Waals surface area (Å²) < 4.78 is 9.25. The Morgan fingerprint density at radius 3 is 1.38 bits per heavy atom. The first-order valence-electron chi connectivity index (χ1n) is 16.4. The molecule has 4 aromatic heterocycles. The molecule has 0 saturated carbocycles. The molecule has 0 fully saturated rings. The van der Waals surface area contributed by atoms with Gasteiger partial charge in [0.15, 0.2) is 0 Å². The second-order valence-electron chi connectivity index (χ2n) is 12.7. The molecule has 0 N–H and O–H groups in total. The molecular formula is C44H22N4S2. The average Bonchev–Trinajstić information content (AvgIpc) is 3.91. The third kappa shape index (κ3) is 3.51. The Morgan fingerprint density at radius 1 is 0.420 bits per heavy atom. The fraction of sp³-hybridized carbons (Fsp3) is 0. The molecule has 0 bridgehead atoms. The van der Waals surface area contributed by atoms with Gasteiger partial charge in [-0.15, -0.1) is 22.7 Å². The van der Waals surface area contributed by atoms with Crippen molar-refractivity contribution in [2.24, 2.45) is 0 Å². The zero-order valence-corrected chi connectivity index (χ0v) is 27.9. The van der Waals surface area contributed by atoms with E-state index in [0.29, 0.717) is 16.8 Å². The van der Waals surface area contributed by atoms with Crippen LogP contribution in [0, 0.1) is 22.7 Å². The minimum Gasteiger partial charge on any atom is -0.308 e. The van der Waals surface area contributed by atoms with Crippen LogP contribution in [0.5, 0.6) is 0 Å². The highest BCUT2D eigenvalue weighted by atomic mass is 32.1. The lowest BCUT2D eigenvalue weighted by atomic mass is 10.0. The molecular weight excluding hydrogens is 649 g/mol. The number of rotatable bonds is 2. The Morgan fingerprint density at radius 2 is 0.860 bits per heavy atom. The number of aromatic nitrogens is 2. The van der Waals surface area contributed by atoms with E-state index in [1.54, 1.807) is 22.7 Å². The standard InChI is InChI=1S/C44H22N4S2/c45-23-25-21-27(47-34-13-5-1-9-28(34)30-17-19-38-40(43(30)47)32-11-3-7-15-36(32)49-38)22-26(24-46)42(25)48-35-14-6-2-10-29(35)31-18-20-39-41(44(31)48)33-12-4-8-16-37(33)50-39/h1-22H. The predicted octanol–water partition coefficient (Wildman–Crippen LogP) is 12.4. The van der Waals surface area contributed by atoms with Crippen molar-refractivity contribution >= 4 is 107 Å². The normalized spacial score (nSPS) is 12.0. The summed E-state index contributed by atoms with van der Waals surface area (Å²) in [6.07, 6.45) is 0. The van der Waals surface area contributed by atoms with Crippen molar-refractivity contribution < 1.29 is 0 Å². The average molecular weight is 671 g/mol. The molecule has 11 rings (SSSR count). The molecule has 230 valence electrons. The molecule has 0 radical (unpaired) electrons. The van der Waals surface area contributed by atoms with Crippen LogP contribution in [0.1, 0.15) is 11.1 Å². The topological polar surface area (TPSA) is 57.4 Å². The van der Waals surface area contributed by atoms with Crippen molar-refractivity contribution in [1.29, 1.82) is 10.5 Å². The van der Waals surface area contributed by atoms with Crippen LogP contribution in [0.15, 0.2) is 133 Å². The second-order valence-corrected chi connectivity index (χ2v) is 14.9. The van der Waals surface area contributed by atoms with Crippen LogP contribution >= 0.6 is 22.7 Å². The number of fused-ring (bicyclic) bond motifs is 14. The number of benzene rings is 7. The molecule has 0 spiro atoms. The van der Waals surface area contributed by atoms with Crippen molar-refractivity contribution in [3.8, 4) is 23.5 Å². The molecule has 0 amide bonds. The molecule has 7 aromatic carbocycles. The molecule has 4 heterocycles. The highest BCUT2D eigenvalue weighted by Gasteiger charge is 2.24. The Kier molecular flexibility index (Phi) is 5.52. The van der Waals surface area contributed by atoms with E-state index >= 15 is 0 Å². The van der Waals surface area contributed by atoms with Crippen molar-refractivity contribution in [2.75, 3.05) is 0 Å². The van der Waals surface area contributed by atoms with Crippen LogP contribution in [0.3, 0.4) is 0 Å². The quantitative estimate of drug-likeness (QED) is 0.184. The Balaban J connectivity index is 1.30. The van der Waals surface area contributed by atoms with Crippen LogP contribution in [0.25, 0.3) is 95.3 Å². The molecule has 50 heavy (non-hydrogen) atoms. The number of hydrogen-bond donors (Lipinski definition) is 0. The molecule has 11 aromatic rings. The number of para-hydroxylation sites is 2. The Hall–Kier alpha value is -6.44. The third-order valence-electron chi connectivity index (χ3n) is 10.2. The molecule has 0 aliphatic rings. The monoisotopic (exact) mass is 670 g/mol. The summed E-state index contributed by atoms with van der Waals surface area (Å²) in [5, 5.41) is 31.1. The number of thiophene rings is 2. The largest absolute Gasteiger partial charge is 0.308 e. The highest BCUT2D eigenvalue weighted by Crippen LogP contribution is 2.46. The lowest BCUT2D eigenvalue weighted by Gasteiger charge is -2.16. The first kappa shape index (κ1) is 27.5. The summed E-state index contributed by atoms with van der Waals surface area (Å²) >= 11 is 3.56. The van der Waals surface area contributed by atoms with Crippen molar-refractivity contribution in [3.63, 3.8) is 0 Å². The smallest absolute Gasteiger partial charge is 0.101 e. The zero-order valence-electron chi connectivity index (χ0n) is 26.3. The summed E-state index contributed by atoms with van der Waals surface area (Å²) in [5.41, 5.74) is 6.42. The molecule has 0 aliphatic heterocycles. The maximum absolute atomic E-state index is 11.0. The van der Waals surface area contributed by atoms with Crippen LogP contribution in [0.4, 0.5) is 0 Å². The molecule has 0 atom stereocenters. The molecule has 4 nitrogen and oxygen atoms in total. The molecule has 0 aliphatic carbocycles. The van der Waals surface area contributed by atoms with Gasteiger partial charge in [-0.1, -0.05) is 84.9 Å². The number of hydrogen-bond acceptors (Lipinski definition) is 4. The molecule has 6 heteroatoms. The van der Waals surface area contributed by atoms with E-state index in [4.69, 9.17) is 0 Å².